The van der Waals surface area contributed by atoms with E-state index in [9.17, 15) is 0 Å². The van der Waals surface area contributed by atoms with Crippen LogP contribution in [0.4, 0.5) is 5.95 Å². The first kappa shape index (κ1) is 13.1. The Balaban J connectivity index is 1.53. The maximum atomic E-state index is 5.80. The molecule has 5 nitrogen and oxygen atoms in total. The summed E-state index contributed by atoms with van der Waals surface area (Å²) < 4.78 is 5.76. The van der Waals surface area contributed by atoms with Crippen LogP contribution in [0.1, 0.15) is 6.42 Å². The molecule has 0 bridgehead atoms. The lowest BCUT2D eigenvalue weighted by atomic mass is 10.1. The van der Waals surface area contributed by atoms with Gasteiger partial charge in [-0.1, -0.05) is 11.6 Å². The second kappa shape index (κ2) is 6.05. The molecule has 1 aliphatic rings. The summed E-state index contributed by atoms with van der Waals surface area (Å²) in [6, 6.07) is 3.74. The van der Waals surface area contributed by atoms with Gasteiger partial charge in [0, 0.05) is 31.4 Å². The van der Waals surface area contributed by atoms with Crippen molar-refractivity contribution < 1.29 is 4.74 Å². The van der Waals surface area contributed by atoms with Crippen LogP contribution in [-0.4, -0.2) is 34.6 Å². The minimum Gasteiger partial charge on any atom is -0.493 e. The molecule has 104 valence electrons. The third-order valence-corrected chi connectivity index (χ3v) is 3.51. The minimum atomic E-state index is 0.488. The number of aromatic nitrogens is 3. The van der Waals surface area contributed by atoms with Crippen LogP contribution in [0.3, 0.4) is 0 Å². The average molecular weight is 291 g/mol. The summed E-state index contributed by atoms with van der Waals surface area (Å²) in [5.41, 5.74) is 0. The zero-order valence-corrected chi connectivity index (χ0v) is 11.7. The van der Waals surface area contributed by atoms with Gasteiger partial charge in [0.05, 0.1) is 24.0 Å². The lowest BCUT2D eigenvalue weighted by Gasteiger charge is -2.16. The number of nitrogens with zero attached hydrogens (tertiary/aromatic N) is 4. The SMILES string of the molecule is Clc1cnc(N2CCC(COc3ccncc3)C2)nc1. The van der Waals surface area contributed by atoms with Gasteiger partial charge in [-0.3, -0.25) is 4.98 Å². The van der Waals surface area contributed by atoms with E-state index in [0.717, 1.165) is 31.2 Å². The molecule has 1 saturated heterocycles. The van der Waals surface area contributed by atoms with Crippen LogP contribution in [0.5, 0.6) is 5.75 Å². The standard InChI is InChI=1S/C14H15ClN4O/c15-12-7-17-14(18-8-12)19-6-3-11(9-19)10-20-13-1-4-16-5-2-13/h1-2,4-5,7-8,11H,3,6,9-10H2. The molecular weight excluding hydrogens is 276 g/mol. The molecule has 0 radical (unpaired) electrons. The first-order valence-corrected chi connectivity index (χ1v) is 6.94. The summed E-state index contributed by atoms with van der Waals surface area (Å²) in [5.74, 6) is 2.09. The summed E-state index contributed by atoms with van der Waals surface area (Å²) in [4.78, 5) is 14.6. The molecule has 0 aromatic carbocycles. The van der Waals surface area contributed by atoms with Gasteiger partial charge in [0.1, 0.15) is 5.75 Å². The summed E-state index contributed by atoms with van der Waals surface area (Å²) in [5, 5.41) is 0.561. The van der Waals surface area contributed by atoms with Crippen molar-refractivity contribution in [2.24, 2.45) is 5.92 Å². The highest BCUT2D eigenvalue weighted by molar-refractivity contribution is 6.30. The molecule has 0 aliphatic carbocycles. The topological polar surface area (TPSA) is 51.1 Å². The molecule has 0 amide bonds. The molecule has 0 saturated carbocycles. The quantitative estimate of drug-likeness (QED) is 0.865. The second-order valence-electron chi connectivity index (χ2n) is 4.80. The molecule has 6 heteroatoms. The Morgan fingerprint density at radius 2 is 2.00 bits per heavy atom. The molecule has 2 aromatic heterocycles. The third kappa shape index (κ3) is 3.17. The number of anilines is 1. The Morgan fingerprint density at radius 1 is 1.25 bits per heavy atom. The summed E-state index contributed by atoms with van der Waals surface area (Å²) in [6.07, 6.45) is 7.81. The lowest BCUT2D eigenvalue weighted by Crippen LogP contribution is -2.23. The predicted octanol–water partition coefficient (Wildman–Crippen LogP) is 2.43. The summed E-state index contributed by atoms with van der Waals surface area (Å²) in [7, 11) is 0. The van der Waals surface area contributed by atoms with Crippen LogP contribution >= 0.6 is 11.6 Å². The van der Waals surface area contributed by atoms with Crippen molar-refractivity contribution in [2.75, 3.05) is 24.6 Å². The van der Waals surface area contributed by atoms with Crippen molar-refractivity contribution in [3.8, 4) is 5.75 Å². The number of halogens is 1. The molecule has 0 N–H and O–H groups in total. The summed E-state index contributed by atoms with van der Waals surface area (Å²) in [6.45, 7) is 2.56. The van der Waals surface area contributed by atoms with Gasteiger partial charge in [0.15, 0.2) is 0 Å². The van der Waals surface area contributed by atoms with E-state index in [4.69, 9.17) is 16.3 Å². The molecule has 20 heavy (non-hydrogen) atoms. The Hall–Kier alpha value is -1.88. The van der Waals surface area contributed by atoms with Gasteiger partial charge >= 0.3 is 0 Å². The Morgan fingerprint density at radius 3 is 2.75 bits per heavy atom. The molecule has 1 unspecified atom stereocenters. The van der Waals surface area contributed by atoms with Gasteiger partial charge in [-0.2, -0.15) is 0 Å². The fraction of sp³-hybridized carbons (Fsp3) is 0.357. The number of rotatable bonds is 4. The molecule has 3 heterocycles. The van der Waals surface area contributed by atoms with E-state index in [-0.39, 0.29) is 0 Å². The summed E-state index contributed by atoms with van der Waals surface area (Å²) >= 11 is 5.80. The number of pyridine rings is 1. The van der Waals surface area contributed by atoms with Gasteiger partial charge in [0.2, 0.25) is 5.95 Å². The van der Waals surface area contributed by atoms with Crippen LogP contribution in [0.25, 0.3) is 0 Å². The van der Waals surface area contributed by atoms with Crippen molar-refractivity contribution in [3.05, 3.63) is 41.9 Å². The maximum Gasteiger partial charge on any atom is 0.225 e. The van der Waals surface area contributed by atoms with Crippen molar-refractivity contribution in [2.45, 2.75) is 6.42 Å². The molecule has 0 spiro atoms. The van der Waals surface area contributed by atoms with E-state index in [2.05, 4.69) is 19.9 Å². The lowest BCUT2D eigenvalue weighted by molar-refractivity contribution is 0.261. The number of hydrogen-bond donors (Lipinski definition) is 0. The first-order valence-electron chi connectivity index (χ1n) is 6.56. The van der Waals surface area contributed by atoms with Crippen LogP contribution in [0.15, 0.2) is 36.9 Å². The number of ether oxygens (including phenoxy) is 1. The van der Waals surface area contributed by atoms with Crippen LogP contribution in [0, 0.1) is 5.92 Å². The molecular formula is C14H15ClN4O. The Kier molecular flexibility index (Phi) is 3.97. The van der Waals surface area contributed by atoms with E-state index in [1.807, 2.05) is 12.1 Å². The maximum absolute atomic E-state index is 5.80. The Labute approximate surface area is 122 Å². The fourth-order valence-electron chi connectivity index (χ4n) is 2.27. The van der Waals surface area contributed by atoms with E-state index >= 15 is 0 Å². The second-order valence-corrected chi connectivity index (χ2v) is 5.23. The predicted molar refractivity (Wildman–Crippen MR) is 77.1 cm³/mol. The third-order valence-electron chi connectivity index (χ3n) is 3.31. The van der Waals surface area contributed by atoms with Gasteiger partial charge in [-0.05, 0) is 18.6 Å². The normalized spacial score (nSPS) is 18.2. The van der Waals surface area contributed by atoms with Crippen molar-refractivity contribution in [1.29, 1.82) is 0 Å². The highest BCUT2D eigenvalue weighted by Crippen LogP contribution is 2.22. The molecule has 1 fully saturated rings. The highest BCUT2D eigenvalue weighted by atomic mass is 35.5. The smallest absolute Gasteiger partial charge is 0.225 e. The average Bonchev–Trinajstić information content (AvgIpc) is 2.96. The van der Waals surface area contributed by atoms with Gasteiger partial charge in [-0.15, -0.1) is 0 Å². The number of hydrogen-bond acceptors (Lipinski definition) is 5. The van der Waals surface area contributed by atoms with Gasteiger partial charge in [-0.25, -0.2) is 9.97 Å². The van der Waals surface area contributed by atoms with Crippen molar-refractivity contribution in [3.63, 3.8) is 0 Å². The van der Waals surface area contributed by atoms with Gasteiger partial charge < -0.3 is 9.64 Å². The minimum absolute atomic E-state index is 0.488. The van der Waals surface area contributed by atoms with E-state index < -0.39 is 0 Å². The van der Waals surface area contributed by atoms with E-state index in [1.165, 1.54) is 0 Å². The zero-order valence-electron chi connectivity index (χ0n) is 10.9. The molecule has 1 atom stereocenters. The largest absolute Gasteiger partial charge is 0.493 e. The van der Waals surface area contributed by atoms with Crippen LogP contribution in [0.2, 0.25) is 5.02 Å². The monoisotopic (exact) mass is 290 g/mol. The van der Waals surface area contributed by atoms with E-state index in [0.29, 0.717) is 17.5 Å². The fourth-order valence-corrected chi connectivity index (χ4v) is 2.37. The van der Waals surface area contributed by atoms with Crippen molar-refractivity contribution in [1.82, 2.24) is 15.0 Å². The zero-order chi connectivity index (χ0) is 13.8. The molecule has 2 aromatic rings. The van der Waals surface area contributed by atoms with Crippen LogP contribution < -0.4 is 9.64 Å². The Bertz CT molecular complexity index is 549. The highest BCUT2D eigenvalue weighted by Gasteiger charge is 2.24. The van der Waals surface area contributed by atoms with Crippen molar-refractivity contribution >= 4 is 17.5 Å². The van der Waals surface area contributed by atoms with E-state index in [1.54, 1.807) is 24.8 Å². The molecule has 1 aliphatic heterocycles. The van der Waals surface area contributed by atoms with Gasteiger partial charge in [0.25, 0.3) is 0 Å². The molecule has 3 rings (SSSR count). The van der Waals surface area contributed by atoms with Crippen LogP contribution in [-0.2, 0) is 0 Å². The first-order chi connectivity index (χ1) is 9.81.